The fourth-order valence-corrected chi connectivity index (χ4v) is 3.51. The minimum absolute atomic E-state index is 0.176. The summed E-state index contributed by atoms with van der Waals surface area (Å²) in [5.41, 5.74) is 3.38. The zero-order chi connectivity index (χ0) is 18.1. The molecule has 2 heterocycles. The molecule has 134 valence electrons. The van der Waals surface area contributed by atoms with Crippen molar-refractivity contribution in [2.75, 3.05) is 13.2 Å². The summed E-state index contributed by atoms with van der Waals surface area (Å²) >= 11 is 0. The fourth-order valence-electron chi connectivity index (χ4n) is 3.51. The van der Waals surface area contributed by atoms with Gasteiger partial charge in [-0.3, -0.25) is 4.79 Å². The van der Waals surface area contributed by atoms with Gasteiger partial charge in [-0.2, -0.15) is 0 Å². The highest BCUT2D eigenvalue weighted by Gasteiger charge is 2.33. The standard InChI is InChI=1S/C19H23NO5/c1-10-6-7-11(2)16-14(10)12(3)17(25-16)18(21)20-15(19(22)23)13-5-4-8-24-9-13/h6-7,13,15H,4-5,8-9H2,1-3H3,(H,20,21)(H,22,23). The fraction of sp³-hybridized carbons (Fsp3) is 0.474. The van der Waals surface area contributed by atoms with Gasteiger partial charge in [0.2, 0.25) is 0 Å². The molecule has 0 radical (unpaired) electrons. The number of nitrogens with one attached hydrogen (secondary N) is 1. The van der Waals surface area contributed by atoms with Crippen LogP contribution in [0.5, 0.6) is 0 Å². The van der Waals surface area contributed by atoms with Gasteiger partial charge in [-0.1, -0.05) is 12.1 Å². The monoisotopic (exact) mass is 345 g/mol. The molecule has 1 amide bonds. The second-order valence-corrected chi connectivity index (χ2v) is 6.73. The van der Waals surface area contributed by atoms with Crippen LogP contribution < -0.4 is 5.32 Å². The van der Waals surface area contributed by atoms with Gasteiger partial charge >= 0.3 is 5.97 Å². The second-order valence-electron chi connectivity index (χ2n) is 6.73. The number of hydrogen-bond acceptors (Lipinski definition) is 4. The largest absolute Gasteiger partial charge is 0.480 e. The summed E-state index contributed by atoms with van der Waals surface area (Å²) < 4.78 is 11.2. The smallest absolute Gasteiger partial charge is 0.326 e. The Balaban J connectivity index is 1.91. The molecule has 0 saturated carbocycles. The highest BCUT2D eigenvalue weighted by atomic mass is 16.5. The average Bonchev–Trinajstić information content (AvgIpc) is 2.95. The van der Waals surface area contributed by atoms with Crippen LogP contribution in [-0.4, -0.2) is 36.2 Å². The minimum Gasteiger partial charge on any atom is -0.480 e. The molecule has 2 aromatic rings. The molecule has 1 aromatic carbocycles. The Morgan fingerprint density at radius 1 is 1.24 bits per heavy atom. The van der Waals surface area contributed by atoms with Crippen molar-refractivity contribution in [2.24, 2.45) is 5.92 Å². The van der Waals surface area contributed by atoms with Crippen molar-refractivity contribution in [3.05, 3.63) is 34.6 Å². The molecule has 1 fully saturated rings. The van der Waals surface area contributed by atoms with Crippen molar-refractivity contribution in [2.45, 2.75) is 39.7 Å². The molecule has 1 aromatic heterocycles. The minimum atomic E-state index is -1.05. The quantitative estimate of drug-likeness (QED) is 0.889. The lowest BCUT2D eigenvalue weighted by Crippen LogP contribution is -2.48. The second kappa shape index (κ2) is 6.88. The first-order valence-electron chi connectivity index (χ1n) is 8.51. The van der Waals surface area contributed by atoms with E-state index in [-0.39, 0.29) is 11.7 Å². The third-order valence-corrected chi connectivity index (χ3v) is 4.91. The van der Waals surface area contributed by atoms with Gasteiger partial charge in [0.25, 0.3) is 5.91 Å². The van der Waals surface area contributed by atoms with Crippen molar-refractivity contribution in [1.29, 1.82) is 0 Å². The van der Waals surface area contributed by atoms with E-state index in [1.165, 1.54) is 0 Å². The molecule has 6 nitrogen and oxygen atoms in total. The lowest BCUT2D eigenvalue weighted by Gasteiger charge is -2.27. The Kier molecular flexibility index (Phi) is 4.81. The Morgan fingerprint density at radius 3 is 2.56 bits per heavy atom. The summed E-state index contributed by atoms with van der Waals surface area (Å²) in [6, 6.07) is 2.95. The predicted molar refractivity (Wildman–Crippen MR) is 92.9 cm³/mol. The van der Waals surface area contributed by atoms with E-state index < -0.39 is 17.9 Å². The number of hydrogen-bond donors (Lipinski definition) is 2. The molecule has 0 bridgehead atoms. The van der Waals surface area contributed by atoms with Crippen molar-refractivity contribution in [3.8, 4) is 0 Å². The third kappa shape index (κ3) is 3.26. The van der Waals surface area contributed by atoms with Crippen LogP contribution in [0.2, 0.25) is 0 Å². The highest BCUT2D eigenvalue weighted by molar-refractivity contribution is 6.01. The summed E-state index contributed by atoms with van der Waals surface area (Å²) in [6.45, 7) is 6.69. The summed E-state index contributed by atoms with van der Waals surface area (Å²) in [7, 11) is 0. The van der Waals surface area contributed by atoms with E-state index >= 15 is 0 Å². The maximum absolute atomic E-state index is 12.7. The van der Waals surface area contributed by atoms with E-state index in [0.29, 0.717) is 25.2 Å². The lowest BCUT2D eigenvalue weighted by atomic mass is 9.93. The van der Waals surface area contributed by atoms with Crippen molar-refractivity contribution in [1.82, 2.24) is 5.32 Å². The molecule has 1 saturated heterocycles. The Labute approximate surface area is 146 Å². The van der Waals surface area contributed by atoms with Crippen LogP contribution in [0, 0.1) is 26.7 Å². The maximum atomic E-state index is 12.7. The summed E-state index contributed by atoms with van der Waals surface area (Å²) in [6.07, 6.45) is 1.51. The molecule has 0 spiro atoms. The van der Waals surface area contributed by atoms with Crippen LogP contribution in [-0.2, 0) is 9.53 Å². The summed E-state index contributed by atoms with van der Waals surface area (Å²) in [5.74, 6) is -1.60. The number of fused-ring (bicyclic) bond motifs is 1. The molecule has 1 aliphatic heterocycles. The van der Waals surface area contributed by atoms with E-state index in [2.05, 4.69) is 5.32 Å². The molecule has 3 rings (SSSR count). The normalized spacial score (nSPS) is 18.9. The molecule has 2 N–H and O–H groups in total. The van der Waals surface area contributed by atoms with Crippen LogP contribution in [0.15, 0.2) is 16.5 Å². The number of furan rings is 1. The van der Waals surface area contributed by atoms with E-state index in [4.69, 9.17) is 9.15 Å². The Bertz CT molecular complexity index is 817. The summed E-state index contributed by atoms with van der Waals surface area (Å²) in [4.78, 5) is 24.3. The lowest BCUT2D eigenvalue weighted by molar-refractivity contribution is -0.142. The Hall–Kier alpha value is -2.34. The molecule has 6 heteroatoms. The van der Waals surface area contributed by atoms with Crippen LogP contribution >= 0.6 is 0 Å². The molecule has 1 aliphatic rings. The van der Waals surface area contributed by atoms with Crippen molar-refractivity contribution >= 4 is 22.8 Å². The van der Waals surface area contributed by atoms with Gasteiger partial charge in [-0.05, 0) is 44.7 Å². The van der Waals surface area contributed by atoms with Gasteiger partial charge in [0.1, 0.15) is 11.6 Å². The predicted octanol–water partition coefficient (Wildman–Crippen LogP) is 2.97. The molecule has 2 unspecified atom stereocenters. The molecular weight excluding hydrogens is 322 g/mol. The number of rotatable bonds is 4. The third-order valence-electron chi connectivity index (χ3n) is 4.91. The molecule has 2 atom stereocenters. The number of carboxylic acids is 1. The van der Waals surface area contributed by atoms with E-state index in [1.54, 1.807) is 0 Å². The van der Waals surface area contributed by atoms with Crippen LogP contribution in [0.3, 0.4) is 0 Å². The first kappa shape index (κ1) is 17.5. The van der Waals surface area contributed by atoms with Crippen molar-refractivity contribution in [3.63, 3.8) is 0 Å². The number of carboxylic acid groups (broad SMARTS) is 1. The number of carbonyl (C=O) groups is 2. The van der Waals surface area contributed by atoms with Gasteiger partial charge < -0.3 is 19.6 Å². The number of ether oxygens (including phenoxy) is 1. The first-order valence-corrected chi connectivity index (χ1v) is 8.51. The van der Waals surface area contributed by atoms with Crippen molar-refractivity contribution < 1.29 is 23.8 Å². The number of aliphatic carboxylic acids is 1. The van der Waals surface area contributed by atoms with E-state index in [9.17, 15) is 14.7 Å². The molecule has 25 heavy (non-hydrogen) atoms. The van der Waals surface area contributed by atoms with Crippen LogP contribution in [0.1, 0.15) is 40.1 Å². The van der Waals surface area contributed by atoms with Crippen LogP contribution in [0.25, 0.3) is 11.0 Å². The maximum Gasteiger partial charge on any atom is 0.326 e. The average molecular weight is 345 g/mol. The topological polar surface area (TPSA) is 88.8 Å². The van der Waals surface area contributed by atoms with Gasteiger partial charge in [0, 0.05) is 23.5 Å². The molecular formula is C19H23NO5. The van der Waals surface area contributed by atoms with Gasteiger partial charge in [-0.25, -0.2) is 4.79 Å². The van der Waals surface area contributed by atoms with Gasteiger partial charge in [0.15, 0.2) is 5.76 Å². The number of amides is 1. The van der Waals surface area contributed by atoms with E-state index in [0.717, 1.165) is 28.5 Å². The Morgan fingerprint density at radius 2 is 1.96 bits per heavy atom. The first-order chi connectivity index (χ1) is 11.9. The number of carbonyl (C=O) groups excluding carboxylic acids is 1. The number of aryl methyl sites for hydroxylation is 3. The molecule has 0 aliphatic carbocycles. The summed E-state index contributed by atoms with van der Waals surface area (Å²) in [5, 5.41) is 13.1. The van der Waals surface area contributed by atoms with Crippen LogP contribution in [0.4, 0.5) is 0 Å². The zero-order valence-electron chi connectivity index (χ0n) is 14.7. The SMILES string of the molecule is Cc1ccc(C)c2c(C)c(C(=O)NC(C(=O)O)C3CCCOC3)oc12. The zero-order valence-corrected chi connectivity index (χ0v) is 14.7. The van der Waals surface area contributed by atoms with Gasteiger partial charge in [0.05, 0.1) is 6.61 Å². The number of benzene rings is 1. The van der Waals surface area contributed by atoms with Gasteiger partial charge in [-0.15, -0.1) is 0 Å². The highest BCUT2D eigenvalue weighted by Crippen LogP contribution is 2.30. The van der Waals surface area contributed by atoms with E-state index in [1.807, 2.05) is 32.9 Å².